The van der Waals surface area contributed by atoms with Gasteiger partial charge in [-0.1, -0.05) is 32.0 Å². The van der Waals surface area contributed by atoms with Gasteiger partial charge in [0, 0.05) is 31.4 Å². The van der Waals surface area contributed by atoms with Gasteiger partial charge in [-0.25, -0.2) is 0 Å². The number of nitrogens with zero attached hydrogens (tertiary/aromatic N) is 2. The van der Waals surface area contributed by atoms with E-state index in [0.717, 1.165) is 17.7 Å². The van der Waals surface area contributed by atoms with Gasteiger partial charge in [0.05, 0.1) is 11.8 Å². The lowest BCUT2D eigenvalue weighted by Gasteiger charge is -2.29. The Morgan fingerprint density at radius 3 is 2.44 bits per heavy atom. The van der Waals surface area contributed by atoms with Crippen molar-refractivity contribution in [3.63, 3.8) is 0 Å². The quantitative estimate of drug-likeness (QED) is 0.818. The first kappa shape index (κ1) is 16.3. The minimum Gasteiger partial charge on any atom is -0.313 e. The number of hydrogen-bond donors (Lipinski definition) is 1. The Morgan fingerprint density at radius 2 is 1.76 bits per heavy atom. The maximum atomic E-state index is 13.3. The van der Waals surface area contributed by atoms with Crippen molar-refractivity contribution >= 4 is 23.4 Å². The molecular formula is C19H23N3O3. The van der Waals surface area contributed by atoms with E-state index in [2.05, 4.69) is 19.2 Å². The molecule has 1 aromatic carbocycles. The van der Waals surface area contributed by atoms with Gasteiger partial charge in [0.25, 0.3) is 5.91 Å². The molecule has 0 aromatic heterocycles. The summed E-state index contributed by atoms with van der Waals surface area (Å²) in [5.74, 6) is -1.38. The highest BCUT2D eigenvalue weighted by Crippen LogP contribution is 2.54. The van der Waals surface area contributed by atoms with Crippen LogP contribution in [0.4, 0.5) is 5.69 Å². The minimum atomic E-state index is -1.13. The maximum Gasteiger partial charge on any atom is 0.252 e. The highest BCUT2D eigenvalue weighted by molar-refractivity contribution is 6.15. The maximum absolute atomic E-state index is 13.3. The number of hydrogen-bond acceptors (Lipinski definition) is 4. The molecule has 25 heavy (non-hydrogen) atoms. The van der Waals surface area contributed by atoms with Gasteiger partial charge in [0.1, 0.15) is 5.54 Å². The van der Waals surface area contributed by atoms with E-state index in [0.29, 0.717) is 5.92 Å². The van der Waals surface area contributed by atoms with Crippen LogP contribution >= 0.6 is 0 Å². The molecular weight excluding hydrogens is 318 g/mol. The van der Waals surface area contributed by atoms with E-state index in [1.807, 2.05) is 24.3 Å². The second-order valence-electron chi connectivity index (χ2n) is 7.81. The predicted molar refractivity (Wildman–Crippen MR) is 92.7 cm³/mol. The van der Waals surface area contributed by atoms with Crippen molar-refractivity contribution in [1.29, 1.82) is 0 Å². The summed E-state index contributed by atoms with van der Waals surface area (Å²) in [5.41, 5.74) is 0.478. The second-order valence-corrected chi connectivity index (χ2v) is 7.81. The number of nitrogens with one attached hydrogen (secondary N) is 1. The third kappa shape index (κ3) is 1.86. The van der Waals surface area contributed by atoms with Crippen molar-refractivity contribution in [2.45, 2.75) is 31.8 Å². The van der Waals surface area contributed by atoms with E-state index < -0.39 is 17.4 Å². The number of fused-ring (bicyclic) bond motifs is 4. The number of benzene rings is 1. The summed E-state index contributed by atoms with van der Waals surface area (Å²) in [6.07, 6.45) is 0.745. The third-order valence-electron chi connectivity index (χ3n) is 5.94. The lowest BCUT2D eigenvalue weighted by atomic mass is 9.76. The van der Waals surface area contributed by atoms with Crippen molar-refractivity contribution < 1.29 is 14.4 Å². The van der Waals surface area contributed by atoms with E-state index in [-0.39, 0.29) is 23.8 Å². The Labute approximate surface area is 147 Å². The summed E-state index contributed by atoms with van der Waals surface area (Å²) in [7, 11) is 3.26. The number of imide groups is 1. The third-order valence-corrected chi connectivity index (χ3v) is 5.94. The number of likely N-dealkylation sites (tertiary alicyclic amines) is 1. The lowest BCUT2D eigenvalue weighted by molar-refractivity contribution is -0.141. The van der Waals surface area contributed by atoms with Crippen LogP contribution in [0.3, 0.4) is 0 Å². The predicted octanol–water partition coefficient (Wildman–Crippen LogP) is 1.11. The molecule has 1 spiro atoms. The fraction of sp³-hybridized carbons (Fsp3) is 0.526. The number of carbonyl (C=O) groups excluding carboxylic acids is 3. The molecule has 3 heterocycles. The molecule has 0 saturated carbocycles. The zero-order valence-electron chi connectivity index (χ0n) is 14.9. The molecule has 0 aliphatic carbocycles. The van der Waals surface area contributed by atoms with Gasteiger partial charge in [0.2, 0.25) is 11.8 Å². The highest BCUT2D eigenvalue weighted by Gasteiger charge is 2.70. The molecule has 6 heteroatoms. The number of anilines is 1. The van der Waals surface area contributed by atoms with Crippen LogP contribution in [0.25, 0.3) is 0 Å². The molecule has 6 nitrogen and oxygen atoms in total. The van der Waals surface area contributed by atoms with Crippen LogP contribution in [0.5, 0.6) is 0 Å². The van der Waals surface area contributed by atoms with Gasteiger partial charge in [-0.2, -0.15) is 0 Å². The van der Waals surface area contributed by atoms with E-state index in [1.165, 1.54) is 11.9 Å². The molecule has 1 aromatic rings. The Balaban J connectivity index is 1.92. The number of para-hydroxylation sites is 1. The van der Waals surface area contributed by atoms with E-state index in [9.17, 15) is 14.4 Å². The summed E-state index contributed by atoms with van der Waals surface area (Å²) in [6, 6.07) is 7.36. The fourth-order valence-electron chi connectivity index (χ4n) is 4.91. The molecule has 3 amide bonds. The van der Waals surface area contributed by atoms with E-state index >= 15 is 0 Å². The lowest BCUT2D eigenvalue weighted by Crippen LogP contribution is -2.54. The van der Waals surface area contributed by atoms with Crippen molar-refractivity contribution in [1.82, 2.24) is 10.2 Å². The molecule has 3 aliphatic heterocycles. The van der Waals surface area contributed by atoms with Crippen LogP contribution < -0.4 is 10.2 Å². The normalized spacial score (nSPS) is 33.8. The first-order valence-electron chi connectivity index (χ1n) is 8.77. The van der Waals surface area contributed by atoms with Gasteiger partial charge in [-0.15, -0.1) is 0 Å². The SMILES string of the molecule is CC(C)C[C@H]1N[C@]2(C(=O)N(C)c3ccccc32)[C@@H]2C(=O)N(C)C(=O)[C@H]21. The van der Waals surface area contributed by atoms with Crippen LogP contribution in [0.2, 0.25) is 0 Å². The summed E-state index contributed by atoms with van der Waals surface area (Å²) >= 11 is 0. The summed E-state index contributed by atoms with van der Waals surface area (Å²) in [4.78, 5) is 41.8. The van der Waals surface area contributed by atoms with Crippen LogP contribution in [0.1, 0.15) is 25.8 Å². The van der Waals surface area contributed by atoms with Gasteiger partial charge < -0.3 is 4.90 Å². The Hall–Kier alpha value is -2.21. The Bertz CT molecular complexity index is 790. The molecule has 0 radical (unpaired) electrons. The topological polar surface area (TPSA) is 69.7 Å². The summed E-state index contributed by atoms with van der Waals surface area (Å²) in [6.45, 7) is 4.17. The van der Waals surface area contributed by atoms with Gasteiger partial charge >= 0.3 is 0 Å². The fourth-order valence-corrected chi connectivity index (χ4v) is 4.91. The van der Waals surface area contributed by atoms with Crippen molar-refractivity contribution in [3.05, 3.63) is 29.8 Å². The second kappa shape index (κ2) is 5.14. The molecule has 4 rings (SSSR count). The van der Waals surface area contributed by atoms with Crippen molar-refractivity contribution in [2.24, 2.45) is 17.8 Å². The summed E-state index contributed by atoms with van der Waals surface area (Å²) < 4.78 is 0. The molecule has 0 bridgehead atoms. The van der Waals surface area contributed by atoms with E-state index in [1.54, 1.807) is 11.9 Å². The van der Waals surface area contributed by atoms with Gasteiger partial charge in [-0.05, 0) is 18.4 Å². The zero-order chi connectivity index (χ0) is 18.1. The number of rotatable bonds is 2. The van der Waals surface area contributed by atoms with Crippen molar-refractivity contribution in [2.75, 3.05) is 19.0 Å². The van der Waals surface area contributed by atoms with Crippen LogP contribution in [-0.4, -0.2) is 42.8 Å². The standard InChI is InChI=1S/C19H23N3O3/c1-10(2)9-12-14-15(17(24)22(4)16(14)23)19(20-12)11-7-5-6-8-13(11)21(3)18(19)25/h5-8,10,12,14-15,20H,9H2,1-4H3/t12-,14+,15+,19+/m1/s1. The molecule has 132 valence electrons. The molecule has 2 fully saturated rings. The molecule has 4 atom stereocenters. The molecule has 0 unspecified atom stereocenters. The zero-order valence-corrected chi connectivity index (χ0v) is 14.9. The van der Waals surface area contributed by atoms with Crippen LogP contribution in [-0.2, 0) is 19.9 Å². The first-order chi connectivity index (χ1) is 11.8. The number of amides is 3. The molecule has 2 saturated heterocycles. The Morgan fingerprint density at radius 1 is 1.08 bits per heavy atom. The highest BCUT2D eigenvalue weighted by atomic mass is 16.2. The monoisotopic (exact) mass is 341 g/mol. The van der Waals surface area contributed by atoms with Gasteiger partial charge in [0.15, 0.2) is 0 Å². The smallest absolute Gasteiger partial charge is 0.252 e. The average molecular weight is 341 g/mol. The molecule has 1 N–H and O–H groups in total. The number of carbonyl (C=O) groups is 3. The first-order valence-corrected chi connectivity index (χ1v) is 8.77. The largest absolute Gasteiger partial charge is 0.313 e. The minimum absolute atomic E-state index is 0.147. The van der Waals surface area contributed by atoms with Gasteiger partial charge in [-0.3, -0.25) is 24.6 Å². The number of likely N-dealkylation sites (N-methyl/N-ethyl adjacent to an activating group) is 1. The molecule has 3 aliphatic rings. The Kier molecular flexibility index (Phi) is 3.35. The average Bonchev–Trinajstić information content (AvgIpc) is 3.10. The van der Waals surface area contributed by atoms with Crippen molar-refractivity contribution in [3.8, 4) is 0 Å². The van der Waals surface area contributed by atoms with E-state index in [4.69, 9.17) is 0 Å². The van der Waals surface area contributed by atoms with Crippen LogP contribution in [0, 0.1) is 17.8 Å². The summed E-state index contributed by atoms with van der Waals surface area (Å²) in [5, 5.41) is 3.46. The van der Waals surface area contributed by atoms with Crippen LogP contribution in [0.15, 0.2) is 24.3 Å².